The highest BCUT2D eigenvalue weighted by atomic mass is 16.8. The predicted molar refractivity (Wildman–Crippen MR) is 135 cm³/mol. The molecule has 3 aliphatic rings. The first-order valence-electron chi connectivity index (χ1n) is 13.9. The summed E-state index contributed by atoms with van der Waals surface area (Å²) in [4.78, 5) is 10.9. The van der Waals surface area contributed by atoms with Crippen LogP contribution in [0.2, 0.25) is 0 Å². The number of aliphatic hydroxyl groups excluding tert-OH is 14. The third-order valence-electron chi connectivity index (χ3n) is 7.76. The van der Waals surface area contributed by atoms with Gasteiger partial charge in [-0.15, -0.1) is 0 Å². The smallest absolute Gasteiger partial charge is 0.187 e. The second-order valence-corrected chi connectivity index (χ2v) is 10.8. The molecule has 45 heavy (non-hydrogen) atoms. The third-order valence-corrected chi connectivity index (χ3v) is 7.76. The van der Waals surface area contributed by atoms with Gasteiger partial charge in [-0.2, -0.15) is 0 Å². The summed E-state index contributed by atoms with van der Waals surface area (Å²) in [5.74, 6) is 0. The van der Waals surface area contributed by atoms with Crippen LogP contribution in [-0.2, 0) is 33.2 Å². The van der Waals surface area contributed by atoms with Gasteiger partial charge in [-0.05, 0) is 0 Å². The molecule has 3 aliphatic heterocycles. The molecule has 264 valence electrons. The maximum atomic E-state index is 11.0. The van der Waals surface area contributed by atoms with Crippen molar-refractivity contribution < 1.29 is 105 Å². The van der Waals surface area contributed by atoms with Gasteiger partial charge in [0.05, 0.1) is 26.4 Å². The van der Waals surface area contributed by atoms with Crippen molar-refractivity contribution in [3.8, 4) is 0 Å². The molecule has 0 radical (unpaired) electrons. The van der Waals surface area contributed by atoms with E-state index in [9.17, 15) is 76.3 Å². The van der Waals surface area contributed by atoms with Crippen molar-refractivity contribution in [3.05, 3.63) is 0 Å². The van der Waals surface area contributed by atoms with Gasteiger partial charge in [-0.25, -0.2) is 0 Å². The molecule has 3 rings (SSSR count). The van der Waals surface area contributed by atoms with Crippen LogP contribution in [0.4, 0.5) is 0 Å². The molecule has 3 saturated heterocycles. The molecule has 0 aromatic heterocycles. The Morgan fingerprint density at radius 3 is 1.60 bits per heavy atom. The topological polar surface area (TPSA) is 356 Å². The number of carbonyl (C=O) groups excluding carboxylic acids is 1. The van der Waals surface area contributed by atoms with E-state index in [0.717, 1.165) is 0 Å². The summed E-state index contributed by atoms with van der Waals surface area (Å²) in [7, 11) is 0. The Morgan fingerprint density at radius 2 is 1.07 bits per heavy atom. The van der Waals surface area contributed by atoms with E-state index in [-0.39, 0.29) is 6.29 Å². The van der Waals surface area contributed by atoms with Gasteiger partial charge in [-0.3, -0.25) is 0 Å². The summed E-state index contributed by atoms with van der Waals surface area (Å²) >= 11 is 0. The third kappa shape index (κ3) is 8.30. The summed E-state index contributed by atoms with van der Waals surface area (Å²) in [6, 6.07) is 0. The Balaban J connectivity index is 1.78. The lowest BCUT2D eigenvalue weighted by molar-refractivity contribution is -0.384. The molecule has 19 atom stereocenters. The van der Waals surface area contributed by atoms with Crippen molar-refractivity contribution in [2.24, 2.45) is 0 Å². The summed E-state index contributed by atoms with van der Waals surface area (Å²) in [6.45, 7) is -3.74. The van der Waals surface area contributed by atoms with Crippen LogP contribution < -0.4 is 0 Å². The minimum Gasteiger partial charge on any atom is -0.394 e. The van der Waals surface area contributed by atoms with Crippen molar-refractivity contribution in [1.82, 2.24) is 0 Å². The summed E-state index contributed by atoms with van der Waals surface area (Å²) in [6.07, 6.45) is -35.9. The van der Waals surface area contributed by atoms with Crippen molar-refractivity contribution in [1.29, 1.82) is 0 Å². The van der Waals surface area contributed by atoms with E-state index in [0.29, 0.717) is 0 Å². The molecular formula is C24H42O21. The molecule has 21 heteroatoms. The minimum absolute atomic E-state index is 0.0981. The number of ether oxygens (including phenoxy) is 6. The van der Waals surface area contributed by atoms with Gasteiger partial charge in [0.25, 0.3) is 0 Å². The first-order chi connectivity index (χ1) is 21.2. The zero-order valence-corrected chi connectivity index (χ0v) is 23.5. The van der Waals surface area contributed by atoms with Crippen LogP contribution in [0.15, 0.2) is 0 Å². The molecule has 0 aromatic rings. The van der Waals surface area contributed by atoms with Gasteiger partial charge in [0, 0.05) is 0 Å². The Kier molecular flexibility index (Phi) is 14.3. The average Bonchev–Trinajstić information content (AvgIpc) is 3.04. The highest BCUT2D eigenvalue weighted by Gasteiger charge is 2.54. The van der Waals surface area contributed by atoms with Crippen LogP contribution in [0.3, 0.4) is 0 Å². The highest BCUT2D eigenvalue weighted by molar-refractivity contribution is 5.56. The zero-order chi connectivity index (χ0) is 33.7. The van der Waals surface area contributed by atoms with E-state index >= 15 is 0 Å². The fourth-order valence-corrected chi connectivity index (χ4v) is 5.08. The van der Waals surface area contributed by atoms with Crippen molar-refractivity contribution >= 4 is 6.29 Å². The molecule has 0 amide bonds. The first kappa shape index (κ1) is 38.3. The second kappa shape index (κ2) is 16.8. The molecule has 0 unspecified atom stereocenters. The summed E-state index contributed by atoms with van der Waals surface area (Å²) in [5.41, 5.74) is 0. The number of hydrogen-bond donors (Lipinski definition) is 14. The molecule has 0 spiro atoms. The fourth-order valence-electron chi connectivity index (χ4n) is 5.08. The number of carbonyl (C=O) groups is 1. The van der Waals surface area contributed by atoms with Crippen molar-refractivity contribution in [3.63, 3.8) is 0 Å². The summed E-state index contributed by atoms with van der Waals surface area (Å²) in [5, 5.41) is 142. The Bertz CT molecular complexity index is 897. The molecule has 0 bridgehead atoms. The van der Waals surface area contributed by atoms with Gasteiger partial charge < -0.3 is 105 Å². The van der Waals surface area contributed by atoms with Gasteiger partial charge in [0.1, 0.15) is 97.7 Å². The monoisotopic (exact) mass is 666 g/mol. The van der Waals surface area contributed by atoms with Gasteiger partial charge in [0.15, 0.2) is 25.2 Å². The maximum Gasteiger partial charge on any atom is 0.187 e. The highest BCUT2D eigenvalue weighted by Crippen LogP contribution is 2.33. The van der Waals surface area contributed by atoms with Crippen LogP contribution in [0, 0.1) is 0 Å². The molecule has 0 aliphatic carbocycles. The van der Waals surface area contributed by atoms with E-state index in [1.54, 1.807) is 0 Å². The second-order valence-electron chi connectivity index (χ2n) is 10.8. The average molecular weight is 667 g/mol. The maximum absolute atomic E-state index is 11.0. The largest absolute Gasteiger partial charge is 0.394 e. The molecule has 3 heterocycles. The van der Waals surface area contributed by atoms with Crippen molar-refractivity contribution in [2.45, 2.75) is 117 Å². The first-order valence-corrected chi connectivity index (χ1v) is 13.9. The quantitative estimate of drug-likeness (QED) is 0.0765. The van der Waals surface area contributed by atoms with Crippen LogP contribution in [0.1, 0.15) is 0 Å². The number of aldehydes is 1. The number of rotatable bonds is 14. The Labute approximate surface area is 254 Å². The molecular weight excluding hydrogens is 624 g/mol. The van der Waals surface area contributed by atoms with Crippen LogP contribution >= 0.6 is 0 Å². The Hall–Kier alpha value is -1.13. The molecule has 14 N–H and O–H groups in total. The van der Waals surface area contributed by atoms with E-state index in [1.807, 2.05) is 0 Å². The van der Waals surface area contributed by atoms with Gasteiger partial charge in [-0.1, -0.05) is 0 Å². The van der Waals surface area contributed by atoms with Crippen LogP contribution in [-0.4, -0.2) is 221 Å². The van der Waals surface area contributed by atoms with E-state index in [1.165, 1.54) is 0 Å². The van der Waals surface area contributed by atoms with E-state index < -0.39 is 143 Å². The number of hydrogen-bond acceptors (Lipinski definition) is 21. The number of aliphatic hydroxyl groups is 14. The lowest BCUT2D eigenvalue weighted by Gasteiger charge is -2.48. The molecule has 3 fully saturated rings. The van der Waals surface area contributed by atoms with Crippen molar-refractivity contribution in [2.75, 3.05) is 26.4 Å². The van der Waals surface area contributed by atoms with E-state index in [2.05, 4.69) is 0 Å². The lowest BCUT2D eigenvalue weighted by atomic mass is 9.96. The SMILES string of the molecule is O=C[C@H](O)[C@@H](O)[C@H](O[C@H]1O[C@H](CO)[C@@H](O[C@H]2O[C@H](CO)[C@@H](O)[C@H](O[C@H]3O[C@H](CO)[C@@H](O)[C@H](O)[C@H]3O)[C@H]2O)[C@H](O)[C@H]1O)[C@H](O)CO. The van der Waals surface area contributed by atoms with Gasteiger partial charge in [0.2, 0.25) is 0 Å². The summed E-state index contributed by atoms with van der Waals surface area (Å²) < 4.78 is 32.3. The van der Waals surface area contributed by atoms with Gasteiger partial charge >= 0.3 is 0 Å². The van der Waals surface area contributed by atoms with E-state index in [4.69, 9.17) is 28.4 Å². The van der Waals surface area contributed by atoms with Crippen LogP contribution in [0.25, 0.3) is 0 Å². The molecule has 0 saturated carbocycles. The predicted octanol–water partition coefficient (Wildman–Crippen LogP) is -9.91. The lowest BCUT2D eigenvalue weighted by Crippen LogP contribution is -2.67. The molecule has 21 nitrogen and oxygen atoms in total. The van der Waals surface area contributed by atoms with Crippen LogP contribution in [0.5, 0.6) is 0 Å². The normalized spacial score (nSPS) is 45.4. The zero-order valence-electron chi connectivity index (χ0n) is 23.5. The standard InChI is InChI=1S/C24H42O21/c25-1-6(30)11(32)19(7(31)2-26)43-23-17(38)15(36)20(10(5-29)42-23)44-24-18(39)21(13(34)9(4-28)41-24)45-22-16(37)14(35)12(33)8(3-27)40-22/h1,6-24,26-39H,2-5H2/t6-,7+,8+,9+,10+,11+,12+,13+,14-,15+,16+,17+,18+,19+,20+,21-,22+,23+,24+/m0/s1. The minimum atomic E-state index is -2.15. The Morgan fingerprint density at radius 1 is 0.578 bits per heavy atom. The fraction of sp³-hybridized carbons (Fsp3) is 0.958. The molecule has 0 aromatic carbocycles.